The van der Waals surface area contributed by atoms with Crippen LogP contribution in [0, 0.1) is 0 Å². The van der Waals surface area contributed by atoms with E-state index in [1.807, 2.05) is 66.9 Å². The topological polar surface area (TPSA) is 45.6 Å². The molecule has 1 N–H and O–H groups in total. The number of nitrogens with zero attached hydrogens (tertiary/aromatic N) is 2. The fraction of sp³-hybridized carbons (Fsp3) is 0.163. The summed E-state index contributed by atoms with van der Waals surface area (Å²) in [5.74, 6) is 1.66. The minimum absolute atomic E-state index is 0.403. The number of hydrogen-bond donors (Lipinski definition) is 1. The average molecular weight is 695 g/mol. The van der Waals surface area contributed by atoms with Gasteiger partial charge in [0, 0.05) is 28.8 Å². The SMILES string of the molecule is CCC(CC(C)c1ccc(COc2cccc(-c3ccccn3)c2)cc1)c1ccc(C(O)c2ccc(N(c3ccccc3)c3ccccc3)cc2)cc1. The van der Waals surface area contributed by atoms with Gasteiger partial charge in [-0.1, -0.05) is 129 Å². The molecule has 3 atom stereocenters. The third-order valence-electron chi connectivity index (χ3n) is 10.1. The highest BCUT2D eigenvalue weighted by Gasteiger charge is 2.18. The van der Waals surface area contributed by atoms with Crippen LogP contribution in [0.3, 0.4) is 0 Å². The van der Waals surface area contributed by atoms with Gasteiger partial charge in [0.1, 0.15) is 18.5 Å². The lowest BCUT2D eigenvalue weighted by Crippen LogP contribution is -2.10. The summed E-state index contributed by atoms with van der Waals surface area (Å²) in [6.45, 7) is 5.09. The van der Waals surface area contributed by atoms with Crippen molar-refractivity contribution in [3.05, 3.63) is 210 Å². The molecule has 0 amide bonds. The first-order valence-corrected chi connectivity index (χ1v) is 18.6. The molecule has 0 fully saturated rings. The fourth-order valence-corrected chi connectivity index (χ4v) is 7.04. The normalized spacial score (nSPS) is 12.8. The number of aliphatic hydroxyl groups is 1. The van der Waals surface area contributed by atoms with Crippen molar-refractivity contribution in [2.24, 2.45) is 0 Å². The number of ether oxygens (including phenoxy) is 1. The highest BCUT2D eigenvalue weighted by molar-refractivity contribution is 5.76. The molecule has 7 aromatic rings. The number of aliphatic hydroxyl groups excluding tert-OH is 1. The van der Waals surface area contributed by atoms with Gasteiger partial charge in [-0.15, -0.1) is 0 Å². The van der Waals surface area contributed by atoms with Crippen LogP contribution >= 0.6 is 0 Å². The van der Waals surface area contributed by atoms with Crippen molar-refractivity contribution in [1.82, 2.24) is 4.98 Å². The van der Waals surface area contributed by atoms with E-state index in [0.717, 1.165) is 63.6 Å². The summed E-state index contributed by atoms with van der Waals surface area (Å²) in [5, 5.41) is 11.4. The smallest absolute Gasteiger partial charge is 0.120 e. The molecular weight excluding hydrogens is 649 g/mol. The Balaban J connectivity index is 0.961. The van der Waals surface area contributed by atoms with E-state index in [4.69, 9.17) is 4.74 Å². The van der Waals surface area contributed by atoms with Gasteiger partial charge >= 0.3 is 0 Å². The lowest BCUT2D eigenvalue weighted by atomic mass is 9.84. The molecule has 1 aromatic heterocycles. The van der Waals surface area contributed by atoms with E-state index >= 15 is 0 Å². The number of pyridine rings is 1. The maximum Gasteiger partial charge on any atom is 0.120 e. The molecule has 4 heteroatoms. The van der Waals surface area contributed by atoms with Crippen molar-refractivity contribution in [3.8, 4) is 17.0 Å². The highest BCUT2D eigenvalue weighted by atomic mass is 16.5. The van der Waals surface area contributed by atoms with Crippen LogP contribution in [-0.2, 0) is 6.61 Å². The Labute approximate surface area is 314 Å². The van der Waals surface area contributed by atoms with Crippen molar-refractivity contribution in [3.63, 3.8) is 0 Å². The van der Waals surface area contributed by atoms with Gasteiger partial charge in [-0.3, -0.25) is 4.98 Å². The predicted octanol–water partition coefficient (Wildman–Crippen LogP) is 12.6. The maximum absolute atomic E-state index is 11.4. The predicted molar refractivity (Wildman–Crippen MR) is 218 cm³/mol. The second-order valence-corrected chi connectivity index (χ2v) is 13.7. The molecule has 7 rings (SSSR count). The Bertz CT molecular complexity index is 2110. The van der Waals surface area contributed by atoms with Gasteiger partial charge in [0.25, 0.3) is 0 Å². The first-order valence-electron chi connectivity index (χ1n) is 18.6. The van der Waals surface area contributed by atoms with E-state index < -0.39 is 6.10 Å². The van der Waals surface area contributed by atoms with Gasteiger partial charge in [0.15, 0.2) is 0 Å². The molecule has 53 heavy (non-hydrogen) atoms. The number of aromatic nitrogens is 1. The van der Waals surface area contributed by atoms with Gasteiger partial charge in [0.2, 0.25) is 0 Å². The minimum atomic E-state index is -0.702. The molecule has 3 unspecified atom stereocenters. The van der Waals surface area contributed by atoms with Crippen LogP contribution in [0.15, 0.2) is 182 Å². The number of hydrogen-bond acceptors (Lipinski definition) is 4. The van der Waals surface area contributed by atoms with Crippen LogP contribution in [0.4, 0.5) is 17.1 Å². The van der Waals surface area contributed by atoms with Gasteiger partial charge in [-0.25, -0.2) is 0 Å². The molecule has 264 valence electrons. The summed E-state index contributed by atoms with van der Waals surface area (Å²) in [6, 6.07) is 60.4. The first kappa shape index (κ1) is 35.4. The zero-order chi connectivity index (χ0) is 36.4. The van der Waals surface area contributed by atoms with E-state index in [2.05, 4.69) is 139 Å². The van der Waals surface area contributed by atoms with E-state index in [0.29, 0.717) is 18.4 Å². The lowest BCUT2D eigenvalue weighted by molar-refractivity contribution is 0.220. The molecule has 4 nitrogen and oxygen atoms in total. The Morgan fingerprint density at radius 3 is 1.75 bits per heavy atom. The van der Waals surface area contributed by atoms with Crippen LogP contribution in [0.2, 0.25) is 0 Å². The van der Waals surface area contributed by atoms with E-state index in [1.54, 1.807) is 0 Å². The Kier molecular flexibility index (Phi) is 11.4. The van der Waals surface area contributed by atoms with Gasteiger partial charge in [-0.2, -0.15) is 0 Å². The van der Waals surface area contributed by atoms with E-state index in [9.17, 15) is 5.11 Å². The number of rotatable bonds is 14. The zero-order valence-corrected chi connectivity index (χ0v) is 30.4. The molecule has 0 aliphatic heterocycles. The summed E-state index contributed by atoms with van der Waals surface area (Å²) in [6.07, 6.45) is 3.21. The summed E-state index contributed by atoms with van der Waals surface area (Å²) in [4.78, 5) is 6.68. The maximum atomic E-state index is 11.4. The minimum Gasteiger partial charge on any atom is -0.489 e. The molecule has 0 spiro atoms. The van der Waals surface area contributed by atoms with E-state index in [-0.39, 0.29) is 0 Å². The zero-order valence-electron chi connectivity index (χ0n) is 30.4. The van der Waals surface area contributed by atoms with Gasteiger partial charge in [0.05, 0.1) is 5.69 Å². The first-order chi connectivity index (χ1) is 26.1. The van der Waals surface area contributed by atoms with Crippen LogP contribution in [0.1, 0.15) is 72.4 Å². The third kappa shape index (κ3) is 8.74. The summed E-state index contributed by atoms with van der Waals surface area (Å²) in [5.41, 5.74) is 10.7. The summed E-state index contributed by atoms with van der Waals surface area (Å²) in [7, 11) is 0. The largest absolute Gasteiger partial charge is 0.489 e. The molecule has 6 aromatic carbocycles. The second kappa shape index (κ2) is 17.0. The van der Waals surface area contributed by atoms with Crippen molar-refractivity contribution in [2.45, 2.75) is 51.2 Å². The van der Waals surface area contributed by atoms with Crippen molar-refractivity contribution in [1.29, 1.82) is 0 Å². The Morgan fingerprint density at radius 1 is 0.585 bits per heavy atom. The molecule has 0 aliphatic rings. The standard InChI is InChI=1S/C49H46N2O2/c1-3-38(33-36(2)39-22-20-37(21-23-39)35-53-47-18-12-13-43(34-47)48-19-10-11-32-50-48)40-24-26-41(27-25-40)49(52)42-28-30-46(31-29-42)51(44-14-6-4-7-15-44)45-16-8-5-9-17-45/h4-32,34,36,38,49,52H,3,33,35H2,1-2H3. The highest BCUT2D eigenvalue weighted by Crippen LogP contribution is 2.36. The van der Waals surface area contributed by atoms with E-state index in [1.165, 1.54) is 11.1 Å². The average Bonchev–Trinajstić information content (AvgIpc) is 3.23. The lowest BCUT2D eigenvalue weighted by Gasteiger charge is -2.26. The van der Waals surface area contributed by atoms with Crippen LogP contribution in [0.5, 0.6) is 5.75 Å². The third-order valence-corrected chi connectivity index (χ3v) is 10.1. The van der Waals surface area contributed by atoms with Crippen molar-refractivity contribution >= 4 is 17.1 Å². The molecule has 0 bridgehead atoms. The van der Waals surface area contributed by atoms with Crippen molar-refractivity contribution < 1.29 is 9.84 Å². The number of para-hydroxylation sites is 2. The van der Waals surface area contributed by atoms with Gasteiger partial charge < -0.3 is 14.7 Å². The molecule has 0 saturated heterocycles. The molecular formula is C49H46N2O2. The molecule has 0 radical (unpaired) electrons. The fourth-order valence-electron chi connectivity index (χ4n) is 7.04. The van der Waals surface area contributed by atoms with Gasteiger partial charge in [-0.05, 0) is 113 Å². The second-order valence-electron chi connectivity index (χ2n) is 13.7. The van der Waals surface area contributed by atoms with Crippen molar-refractivity contribution in [2.75, 3.05) is 4.90 Å². The molecule has 0 aliphatic carbocycles. The molecule has 1 heterocycles. The summed E-state index contributed by atoms with van der Waals surface area (Å²) < 4.78 is 6.15. The van der Waals surface area contributed by atoms with Crippen LogP contribution in [-0.4, -0.2) is 10.1 Å². The molecule has 0 saturated carbocycles. The number of anilines is 3. The monoisotopic (exact) mass is 694 g/mol. The Hall–Kier alpha value is -5.97. The van der Waals surface area contributed by atoms with Crippen LogP contribution in [0.25, 0.3) is 11.3 Å². The summed E-state index contributed by atoms with van der Waals surface area (Å²) >= 11 is 0. The number of benzene rings is 6. The quantitative estimate of drug-likeness (QED) is 0.123. The Morgan fingerprint density at radius 2 is 1.15 bits per heavy atom. The van der Waals surface area contributed by atoms with Crippen LogP contribution < -0.4 is 9.64 Å².